The fourth-order valence-corrected chi connectivity index (χ4v) is 5.48. The smallest absolute Gasteiger partial charge is 0.348 e. The predicted octanol–water partition coefficient (Wildman–Crippen LogP) is 5.20. The molecule has 0 fully saturated rings. The summed E-state index contributed by atoms with van der Waals surface area (Å²) >= 11 is 1.03. The lowest BCUT2D eigenvalue weighted by atomic mass is 10.0. The van der Waals surface area contributed by atoms with Gasteiger partial charge < -0.3 is 14.2 Å². The zero-order chi connectivity index (χ0) is 30.0. The maximum Gasteiger partial charge on any atom is 0.348 e. The molecule has 9 nitrogen and oxygen atoms in total. The lowest BCUT2D eigenvalue weighted by molar-refractivity contribution is -0.164. The second-order valence-electron chi connectivity index (χ2n) is 11.7. The molecule has 0 saturated heterocycles. The number of rotatable bonds is 10. The molecule has 0 aliphatic heterocycles. The summed E-state index contributed by atoms with van der Waals surface area (Å²) in [6.07, 6.45) is -0.534. The number of benzene rings is 1. The van der Waals surface area contributed by atoms with Crippen molar-refractivity contribution >= 4 is 33.5 Å². The quantitative estimate of drug-likeness (QED) is 0.308. The Morgan fingerprint density at radius 1 is 1.02 bits per heavy atom. The van der Waals surface area contributed by atoms with Gasteiger partial charge in [0.2, 0.25) is 0 Å². The van der Waals surface area contributed by atoms with Crippen molar-refractivity contribution in [3.63, 3.8) is 0 Å². The molecule has 0 saturated carbocycles. The van der Waals surface area contributed by atoms with Gasteiger partial charge in [-0.2, -0.15) is 0 Å². The van der Waals surface area contributed by atoms with Gasteiger partial charge >= 0.3 is 17.6 Å². The highest BCUT2D eigenvalue weighted by molar-refractivity contribution is 7.20. The summed E-state index contributed by atoms with van der Waals surface area (Å²) in [5.74, 6) is -1.06. The van der Waals surface area contributed by atoms with E-state index in [2.05, 4.69) is 0 Å². The number of carbonyl (C=O) groups excluding carboxylic acids is 2. The molecule has 40 heavy (non-hydrogen) atoms. The second kappa shape index (κ2) is 12.1. The highest BCUT2D eigenvalue weighted by Crippen LogP contribution is 2.31. The molecule has 2 aromatic heterocycles. The summed E-state index contributed by atoms with van der Waals surface area (Å²) in [5.41, 5.74) is -2.59. The van der Waals surface area contributed by atoms with Gasteiger partial charge in [0, 0.05) is 6.61 Å². The SMILES string of the molecule is CCOC(=O)c1sc2c(c1C)c(=O)n(C(C)(C)C(=O)OC(C)(C)C)c(=O)n2C[C@H](OCC(C)C)c1ccccc1. The molecule has 0 amide bonds. The zero-order valence-corrected chi connectivity index (χ0v) is 25.6. The van der Waals surface area contributed by atoms with Crippen LogP contribution in [-0.4, -0.2) is 39.9 Å². The Hall–Kier alpha value is -3.24. The maximum absolute atomic E-state index is 14.2. The third-order valence-corrected chi connectivity index (χ3v) is 7.58. The largest absolute Gasteiger partial charge is 0.462 e. The molecule has 0 aliphatic rings. The number of hydrogen-bond donors (Lipinski definition) is 0. The molecule has 0 aliphatic carbocycles. The van der Waals surface area contributed by atoms with Crippen molar-refractivity contribution < 1.29 is 23.8 Å². The van der Waals surface area contributed by atoms with Gasteiger partial charge in [0.15, 0.2) is 0 Å². The Morgan fingerprint density at radius 3 is 2.20 bits per heavy atom. The number of esters is 2. The lowest BCUT2D eigenvalue weighted by Gasteiger charge is -2.30. The van der Waals surface area contributed by atoms with Gasteiger partial charge in [0.25, 0.3) is 5.56 Å². The first kappa shape index (κ1) is 31.3. The van der Waals surface area contributed by atoms with Gasteiger partial charge in [-0.3, -0.25) is 9.36 Å². The maximum atomic E-state index is 14.2. The average molecular weight is 573 g/mol. The van der Waals surface area contributed by atoms with Crippen molar-refractivity contribution in [2.45, 2.75) is 86.1 Å². The van der Waals surface area contributed by atoms with Gasteiger partial charge in [0.05, 0.1) is 18.5 Å². The van der Waals surface area contributed by atoms with E-state index in [-0.39, 0.29) is 29.3 Å². The summed E-state index contributed by atoms with van der Waals surface area (Å²) < 4.78 is 19.5. The van der Waals surface area contributed by atoms with Crippen molar-refractivity contribution in [3.05, 3.63) is 67.2 Å². The van der Waals surface area contributed by atoms with Gasteiger partial charge in [-0.05, 0) is 65.5 Å². The number of carbonyl (C=O) groups is 2. The van der Waals surface area contributed by atoms with Gasteiger partial charge in [0.1, 0.15) is 27.0 Å². The summed E-state index contributed by atoms with van der Waals surface area (Å²) in [5, 5.41) is 0.181. The Morgan fingerprint density at radius 2 is 1.65 bits per heavy atom. The number of ether oxygens (including phenoxy) is 3. The van der Waals surface area contributed by atoms with Crippen molar-refractivity contribution in [1.82, 2.24) is 9.13 Å². The van der Waals surface area contributed by atoms with E-state index < -0.39 is 40.4 Å². The van der Waals surface area contributed by atoms with Gasteiger partial charge in [-0.25, -0.2) is 19.0 Å². The summed E-state index contributed by atoms with van der Waals surface area (Å²) in [6, 6.07) is 9.50. The number of hydrogen-bond acceptors (Lipinski definition) is 8. The summed E-state index contributed by atoms with van der Waals surface area (Å²) in [7, 11) is 0. The lowest BCUT2D eigenvalue weighted by Crippen LogP contribution is -2.54. The molecule has 0 N–H and O–H groups in total. The van der Waals surface area contributed by atoms with Crippen molar-refractivity contribution in [2.24, 2.45) is 5.92 Å². The van der Waals surface area contributed by atoms with E-state index in [9.17, 15) is 19.2 Å². The minimum absolute atomic E-state index is 0.0545. The highest BCUT2D eigenvalue weighted by Gasteiger charge is 2.39. The van der Waals surface area contributed by atoms with E-state index in [4.69, 9.17) is 14.2 Å². The third-order valence-electron chi connectivity index (χ3n) is 6.28. The van der Waals surface area contributed by atoms with E-state index in [1.165, 1.54) is 18.4 Å². The predicted molar refractivity (Wildman–Crippen MR) is 156 cm³/mol. The molecule has 0 bridgehead atoms. The fourth-order valence-electron chi connectivity index (χ4n) is 4.28. The molecule has 0 spiro atoms. The standard InChI is InChI=1S/C30H40N2O7S/c1-10-37-26(34)23-19(4)22-24(33)32(30(8,9)27(35)39-29(5,6)7)28(36)31(25(22)40-23)16-21(38-17-18(2)3)20-14-12-11-13-15-20/h11-15,18,21H,10,16-17H2,1-9H3/t21-/m0/s1. The van der Waals surface area contributed by atoms with Crippen LogP contribution in [0, 0.1) is 12.8 Å². The van der Waals surface area contributed by atoms with Gasteiger partial charge in [-0.15, -0.1) is 11.3 Å². The minimum Gasteiger partial charge on any atom is -0.462 e. The van der Waals surface area contributed by atoms with Crippen LogP contribution < -0.4 is 11.2 Å². The summed E-state index contributed by atoms with van der Waals surface area (Å²) in [6.45, 7) is 16.2. The average Bonchev–Trinajstić information content (AvgIpc) is 3.20. The molecule has 3 rings (SSSR count). The Labute approximate surface area is 238 Å². The third kappa shape index (κ3) is 6.55. The zero-order valence-electron chi connectivity index (χ0n) is 24.8. The Balaban J connectivity index is 2.35. The number of aromatic nitrogens is 2. The van der Waals surface area contributed by atoms with Crippen LogP contribution >= 0.6 is 11.3 Å². The van der Waals surface area contributed by atoms with Crippen LogP contribution in [-0.2, 0) is 31.1 Å². The van der Waals surface area contributed by atoms with Crippen LogP contribution in [0.1, 0.15) is 82.3 Å². The number of aryl methyl sites for hydroxylation is 1. The molecule has 3 aromatic rings. The first-order valence-electron chi connectivity index (χ1n) is 13.5. The van der Waals surface area contributed by atoms with E-state index in [1.807, 2.05) is 44.2 Å². The van der Waals surface area contributed by atoms with E-state index in [0.29, 0.717) is 17.0 Å². The fraction of sp³-hybridized carbons (Fsp3) is 0.533. The van der Waals surface area contributed by atoms with Crippen molar-refractivity contribution in [1.29, 1.82) is 0 Å². The van der Waals surface area contributed by atoms with Crippen molar-refractivity contribution in [2.75, 3.05) is 13.2 Å². The molecule has 0 radical (unpaired) electrons. The molecule has 1 atom stereocenters. The van der Waals surface area contributed by atoms with Crippen LogP contribution in [0.2, 0.25) is 0 Å². The van der Waals surface area contributed by atoms with E-state index >= 15 is 0 Å². The Bertz CT molecular complexity index is 1490. The molecule has 218 valence electrons. The number of nitrogens with zero attached hydrogens (tertiary/aromatic N) is 2. The minimum atomic E-state index is -1.64. The topological polar surface area (TPSA) is 106 Å². The highest BCUT2D eigenvalue weighted by atomic mass is 32.1. The summed E-state index contributed by atoms with van der Waals surface area (Å²) in [4.78, 5) is 54.8. The van der Waals surface area contributed by atoms with Crippen LogP contribution in [0.25, 0.3) is 10.2 Å². The first-order chi connectivity index (χ1) is 18.6. The van der Waals surface area contributed by atoms with Crippen molar-refractivity contribution in [3.8, 4) is 0 Å². The molecule has 2 heterocycles. The van der Waals surface area contributed by atoms with E-state index in [0.717, 1.165) is 21.5 Å². The monoisotopic (exact) mass is 572 g/mol. The first-order valence-corrected chi connectivity index (χ1v) is 14.3. The number of thiophene rings is 1. The molecular weight excluding hydrogens is 532 g/mol. The second-order valence-corrected chi connectivity index (χ2v) is 12.7. The van der Waals surface area contributed by atoms with Gasteiger partial charge in [-0.1, -0.05) is 44.2 Å². The van der Waals surface area contributed by atoms with Crippen LogP contribution in [0.5, 0.6) is 0 Å². The van der Waals surface area contributed by atoms with Crippen LogP contribution in [0.15, 0.2) is 39.9 Å². The van der Waals surface area contributed by atoms with Crippen LogP contribution in [0.4, 0.5) is 0 Å². The molecule has 10 heteroatoms. The molecule has 0 unspecified atom stereocenters. The normalized spacial score (nSPS) is 13.1. The molecule has 1 aromatic carbocycles. The van der Waals surface area contributed by atoms with E-state index in [1.54, 1.807) is 34.6 Å². The molecular formula is C30H40N2O7S. The Kier molecular flexibility index (Phi) is 9.46. The van der Waals surface area contributed by atoms with Crippen LogP contribution in [0.3, 0.4) is 0 Å². The number of fused-ring (bicyclic) bond motifs is 1.